The van der Waals surface area contributed by atoms with E-state index >= 15 is 0 Å². The molecule has 0 spiro atoms. The van der Waals surface area contributed by atoms with Crippen molar-refractivity contribution in [3.63, 3.8) is 0 Å². The Morgan fingerprint density at radius 1 is 1.25 bits per heavy atom. The molecule has 0 aliphatic heterocycles. The Bertz CT molecular complexity index is 741. The largest absolute Gasteiger partial charge is 0.459 e. The molecule has 4 nitrogen and oxygen atoms in total. The highest BCUT2D eigenvalue weighted by atomic mass is 16.3. The van der Waals surface area contributed by atoms with E-state index in [0.29, 0.717) is 12.3 Å². The molecule has 0 saturated carbocycles. The molecule has 4 heteroatoms. The molecule has 0 fully saturated rings. The topological polar surface area (TPSA) is 38.4 Å². The summed E-state index contributed by atoms with van der Waals surface area (Å²) < 4.78 is 7.26. The van der Waals surface area contributed by atoms with Crippen molar-refractivity contribution in [3.05, 3.63) is 60.2 Å². The Hall–Kier alpha value is -2.49. The van der Waals surface area contributed by atoms with Crippen LogP contribution in [0.1, 0.15) is 16.2 Å². The number of nitrogens with zero attached hydrogens (tertiary/aromatic N) is 2. The molecule has 0 aliphatic carbocycles. The third kappa shape index (κ3) is 2.09. The number of hydrogen-bond donors (Lipinski definition) is 0. The maximum Gasteiger partial charge on any atom is 0.289 e. The zero-order valence-corrected chi connectivity index (χ0v) is 11.5. The predicted octanol–water partition coefficient (Wildman–Crippen LogP) is 3.04. The summed E-state index contributed by atoms with van der Waals surface area (Å²) in [5.74, 6) is 0.256. The summed E-state index contributed by atoms with van der Waals surface area (Å²) in [5.41, 5.74) is 2.26. The van der Waals surface area contributed by atoms with Gasteiger partial charge in [0.1, 0.15) is 0 Å². The lowest BCUT2D eigenvalue weighted by Gasteiger charge is -2.16. The third-order valence-electron chi connectivity index (χ3n) is 3.53. The second-order valence-electron chi connectivity index (χ2n) is 4.89. The highest BCUT2D eigenvalue weighted by molar-refractivity contribution is 5.91. The first-order chi connectivity index (χ1) is 9.66. The standard InChI is InChI=1S/C16H16N2O2/c1-17(16(19)15-8-5-9-20-15)11-13-10-12-6-3-4-7-14(12)18(13)2/h3-10H,11H2,1-2H3. The lowest BCUT2D eigenvalue weighted by atomic mass is 10.2. The molecule has 0 atom stereocenters. The van der Waals surface area contributed by atoms with Gasteiger partial charge in [0, 0.05) is 25.3 Å². The number of aromatic nitrogens is 1. The van der Waals surface area contributed by atoms with Gasteiger partial charge in [-0.15, -0.1) is 0 Å². The number of benzene rings is 1. The fourth-order valence-electron chi connectivity index (χ4n) is 2.40. The van der Waals surface area contributed by atoms with Gasteiger partial charge in [-0.1, -0.05) is 18.2 Å². The van der Waals surface area contributed by atoms with Crippen LogP contribution in [0.4, 0.5) is 0 Å². The Balaban J connectivity index is 1.86. The van der Waals surface area contributed by atoms with Crippen LogP contribution in [0.25, 0.3) is 10.9 Å². The van der Waals surface area contributed by atoms with Crippen LogP contribution in [-0.2, 0) is 13.6 Å². The number of aryl methyl sites for hydroxylation is 1. The average Bonchev–Trinajstić information content (AvgIpc) is 3.08. The maximum absolute atomic E-state index is 12.2. The molecule has 1 amide bonds. The Morgan fingerprint density at radius 2 is 2.05 bits per heavy atom. The molecule has 3 aromatic rings. The minimum atomic E-state index is -0.111. The van der Waals surface area contributed by atoms with Gasteiger partial charge in [-0.2, -0.15) is 0 Å². The quantitative estimate of drug-likeness (QED) is 0.732. The van der Waals surface area contributed by atoms with E-state index in [9.17, 15) is 4.79 Å². The molecule has 0 radical (unpaired) electrons. The monoisotopic (exact) mass is 268 g/mol. The predicted molar refractivity (Wildman–Crippen MR) is 77.4 cm³/mol. The van der Waals surface area contributed by atoms with E-state index in [1.165, 1.54) is 17.2 Å². The van der Waals surface area contributed by atoms with Gasteiger partial charge in [0.2, 0.25) is 0 Å². The number of furan rings is 1. The van der Waals surface area contributed by atoms with Gasteiger partial charge in [0.15, 0.2) is 5.76 Å². The first-order valence-electron chi connectivity index (χ1n) is 6.49. The number of para-hydroxylation sites is 1. The SMILES string of the molecule is CN(Cc1cc2ccccc2n1C)C(=O)c1ccco1. The molecule has 20 heavy (non-hydrogen) atoms. The minimum absolute atomic E-state index is 0.111. The van der Waals surface area contributed by atoms with Crippen molar-refractivity contribution in [1.29, 1.82) is 0 Å². The smallest absolute Gasteiger partial charge is 0.289 e. The summed E-state index contributed by atoms with van der Waals surface area (Å²) in [6.45, 7) is 0.546. The fourth-order valence-corrected chi connectivity index (χ4v) is 2.40. The lowest BCUT2D eigenvalue weighted by molar-refractivity contribution is 0.0751. The van der Waals surface area contributed by atoms with Crippen LogP contribution >= 0.6 is 0 Å². The van der Waals surface area contributed by atoms with Gasteiger partial charge in [0.25, 0.3) is 5.91 Å². The van der Waals surface area contributed by atoms with E-state index in [1.807, 2.05) is 19.2 Å². The number of rotatable bonds is 3. The van der Waals surface area contributed by atoms with Crippen molar-refractivity contribution in [2.75, 3.05) is 7.05 Å². The summed E-state index contributed by atoms with van der Waals surface area (Å²) in [7, 11) is 3.80. The Morgan fingerprint density at radius 3 is 2.75 bits per heavy atom. The van der Waals surface area contributed by atoms with E-state index in [1.54, 1.807) is 24.1 Å². The maximum atomic E-state index is 12.2. The van der Waals surface area contributed by atoms with Crippen molar-refractivity contribution in [2.24, 2.45) is 7.05 Å². The van der Waals surface area contributed by atoms with Gasteiger partial charge in [-0.25, -0.2) is 0 Å². The van der Waals surface area contributed by atoms with Crippen LogP contribution in [0.2, 0.25) is 0 Å². The summed E-state index contributed by atoms with van der Waals surface area (Å²) in [4.78, 5) is 13.8. The molecule has 2 heterocycles. The van der Waals surface area contributed by atoms with Crippen LogP contribution in [0.3, 0.4) is 0 Å². The molecule has 0 unspecified atom stereocenters. The minimum Gasteiger partial charge on any atom is -0.459 e. The van der Waals surface area contributed by atoms with E-state index in [-0.39, 0.29) is 5.91 Å². The first kappa shape index (κ1) is 12.5. The van der Waals surface area contributed by atoms with E-state index in [2.05, 4.69) is 22.8 Å². The molecule has 3 rings (SSSR count). The van der Waals surface area contributed by atoms with Crippen LogP contribution < -0.4 is 0 Å². The highest BCUT2D eigenvalue weighted by Crippen LogP contribution is 2.19. The fraction of sp³-hybridized carbons (Fsp3) is 0.188. The van der Waals surface area contributed by atoms with Gasteiger partial charge in [-0.3, -0.25) is 4.79 Å². The number of amides is 1. The highest BCUT2D eigenvalue weighted by Gasteiger charge is 2.16. The van der Waals surface area contributed by atoms with Crippen molar-refractivity contribution in [2.45, 2.75) is 6.54 Å². The van der Waals surface area contributed by atoms with Crippen molar-refractivity contribution in [3.8, 4) is 0 Å². The van der Waals surface area contributed by atoms with Crippen molar-refractivity contribution < 1.29 is 9.21 Å². The average molecular weight is 268 g/mol. The van der Waals surface area contributed by atoms with Crippen LogP contribution in [-0.4, -0.2) is 22.4 Å². The molecule has 2 aromatic heterocycles. The molecular formula is C16H16N2O2. The number of hydrogen-bond acceptors (Lipinski definition) is 2. The van der Waals surface area contributed by atoms with Gasteiger partial charge < -0.3 is 13.9 Å². The van der Waals surface area contributed by atoms with Gasteiger partial charge in [-0.05, 0) is 29.7 Å². The van der Waals surface area contributed by atoms with Crippen LogP contribution in [0.15, 0.2) is 53.1 Å². The van der Waals surface area contributed by atoms with Crippen molar-refractivity contribution in [1.82, 2.24) is 9.47 Å². The van der Waals surface area contributed by atoms with Gasteiger partial charge >= 0.3 is 0 Å². The molecule has 0 aliphatic rings. The number of carbonyl (C=O) groups is 1. The molecule has 102 valence electrons. The number of fused-ring (bicyclic) bond motifs is 1. The molecule has 0 bridgehead atoms. The Kier molecular flexibility index (Phi) is 3.06. The zero-order chi connectivity index (χ0) is 14.1. The number of carbonyl (C=O) groups excluding carboxylic acids is 1. The summed E-state index contributed by atoms with van der Waals surface area (Å²) >= 11 is 0. The second kappa shape index (κ2) is 4.89. The van der Waals surface area contributed by atoms with Gasteiger partial charge in [0.05, 0.1) is 12.8 Å². The summed E-state index contributed by atoms with van der Waals surface area (Å²) in [6, 6.07) is 13.7. The third-order valence-corrected chi connectivity index (χ3v) is 3.53. The zero-order valence-electron chi connectivity index (χ0n) is 11.5. The normalized spacial score (nSPS) is 10.9. The van der Waals surface area contributed by atoms with E-state index in [0.717, 1.165) is 5.69 Å². The van der Waals surface area contributed by atoms with Crippen LogP contribution in [0.5, 0.6) is 0 Å². The van der Waals surface area contributed by atoms with Crippen LogP contribution in [0, 0.1) is 0 Å². The molecule has 0 saturated heterocycles. The van der Waals surface area contributed by atoms with E-state index < -0.39 is 0 Å². The molecule has 0 N–H and O–H groups in total. The summed E-state index contributed by atoms with van der Waals surface area (Å²) in [6.07, 6.45) is 1.51. The molecule has 1 aromatic carbocycles. The Labute approximate surface area is 117 Å². The second-order valence-corrected chi connectivity index (χ2v) is 4.89. The first-order valence-corrected chi connectivity index (χ1v) is 6.49. The van der Waals surface area contributed by atoms with E-state index in [4.69, 9.17) is 4.42 Å². The van der Waals surface area contributed by atoms with Crippen molar-refractivity contribution >= 4 is 16.8 Å². The molecular weight excluding hydrogens is 252 g/mol. The lowest BCUT2D eigenvalue weighted by Crippen LogP contribution is -2.26. The summed E-state index contributed by atoms with van der Waals surface area (Å²) in [5, 5.41) is 1.18.